The summed E-state index contributed by atoms with van der Waals surface area (Å²) in [6.45, 7) is 4.69. The Morgan fingerprint density at radius 1 is 0.778 bits per heavy atom. The molecule has 0 rings (SSSR count). The Bertz CT molecular complexity index is 840. The Balaban J connectivity index is 4.57. The van der Waals surface area contributed by atoms with Crippen molar-refractivity contribution in [1.29, 1.82) is 0 Å². The lowest BCUT2D eigenvalue weighted by atomic mass is 10.0. The summed E-state index contributed by atoms with van der Waals surface area (Å²) in [5, 5.41) is 13.8. The van der Waals surface area contributed by atoms with Gasteiger partial charge in [0, 0.05) is 6.42 Å². The van der Waals surface area contributed by atoms with E-state index in [0.717, 1.165) is 64.2 Å². The van der Waals surface area contributed by atoms with Gasteiger partial charge >= 0.3 is 7.82 Å². The fourth-order valence-electron chi connectivity index (χ4n) is 4.76. The van der Waals surface area contributed by atoms with E-state index in [0.29, 0.717) is 23.9 Å². The summed E-state index contributed by atoms with van der Waals surface area (Å²) in [7, 11) is 1.58. The first-order chi connectivity index (χ1) is 21.5. The molecule has 264 valence electrons. The van der Waals surface area contributed by atoms with Gasteiger partial charge < -0.3 is 19.8 Å². The first kappa shape index (κ1) is 43.7. The van der Waals surface area contributed by atoms with Gasteiger partial charge in [-0.2, -0.15) is 0 Å². The standard InChI is InChI=1S/C36H69N2O6P/c1-6-8-10-12-14-16-18-19-20-22-24-26-28-30-36(40)37-34(33-44-45(41,42)43-32-31-38(3,4)5)35(39)29-27-25-23-21-17-15-13-11-9-7-2/h8,10,14,16,19-20,34-35,39H,6-7,9,11-13,15,17-18,21-33H2,1-5H3,(H-,37,40,41,42)/p+1/b10-8-,16-14-,20-19-. The van der Waals surface area contributed by atoms with E-state index in [1.807, 2.05) is 21.1 Å². The molecule has 3 N–H and O–H groups in total. The minimum atomic E-state index is -4.31. The number of aliphatic hydroxyl groups excluding tert-OH is 1. The van der Waals surface area contributed by atoms with Crippen molar-refractivity contribution >= 4 is 13.7 Å². The van der Waals surface area contributed by atoms with Crippen LogP contribution in [-0.2, 0) is 18.4 Å². The number of allylic oxidation sites excluding steroid dienone is 6. The van der Waals surface area contributed by atoms with Crippen LogP contribution in [-0.4, -0.2) is 73.4 Å². The smallest absolute Gasteiger partial charge is 0.391 e. The maximum absolute atomic E-state index is 12.7. The quantitative estimate of drug-likeness (QED) is 0.0298. The summed E-state index contributed by atoms with van der Waals surface area (Å²) in [6.07, 6.45) is 31.7. The van der Waals surface area contributed by atoms with Crippen molar-refractivity contribution in [2.45, 2.75) is 148 Å². The second-order valence-corrected chi connectivity index (χ2v) is 14.7. The van der Waals surface area contributed by atoms with Gasteiger partial charge in [0.2, 0.25) is 5.91 Å². The zero-order valence-electron chi connectivity index (χ0n) is 29.6. The van der Waals surface area contributed by atoms with Crippen LogP contribution in [0.2, 0.25) is 0 Å². The Labute approximate surface area is 276 Å². The normalized spacial score (nSPS) is 15.3. The van der Waals surface area contributed by atoms with Crippen molar-refractivity contribution in [3.05, 3.63) is 36.5 Å². The lowest BCUT2D eigenvalue weighted by Gasteiger charge is -2.26. The second kappa shape index (κ2) is 28.9. The molecule has 8 nitrogen and oxygen atoms in total. The van der Waals surface area contributed by atoms with Crippen LogP contribution in [0.1, 0.15) is 136 Å². The van der Waals surface area contributed by atoms with E-state index in [1.165, 1.54) is 44.9 Å². The number of rotatable bonds is 31. The maximum atomic E-state index is 12.7. The van der Waals surface area contributed by atoms with Gasteiger partial charge in [0.05, 0.1) is 39.9 Å². The number of carbonyl (C=O) groups excluding carboxylic acids is 1. The van der Waals surface area contributed by atoms with Gasteiger partial charge in [0.1, 0.15) is 13.2 Å². The van der Waals surface area contributed by atoms with Crippen LogP contribution < -0.4 is 5.32 Å². The molecule has 0 heterocycles. The summed E-state index contributed by atoms with van der Waals surface area (Å²) < 4.78 is 23.4. The number of amides is 1. The molecule has 3 unspecified atom stereocenters. The first-order valence-electron chi connectivity index (χ1n) is 17.9. The molecular weight excluding hydrogens is 587 g/mol. The van der Waals surface area contributed by atoms with Gasteiger partial charge in [-0.3, -0.25) is 13.8 Å². The molecule has 9 heteroatoms. The van der Waals surface area contributed by atoms with Crippen molar-refractivity contribution in [2.75, 3.05) is 40.9 Å². The Morgan fingerprint density at radius 3 is 1.93 bits per heavy atom. The van der Waals surface area contributed by atoms with Crippen LogP contribution in [0, 0.1) is 0 Å². The maximum Gasteiger partial charge on any atom is 0.472 e. The molecule has 0 aromatic heterocycles. The highest BCUT2D eigenvalue weighted by molar-refractivity contribution is 7.47. The van der Waals surface area contributed by atoms with Gasteiger partial charge in [-0.15, -0.1) is 0 Å². The number of nitrogens with zero attached hydrogens (tertiary/aromatic N) is 1. The van der Waals surface area contributed by atoms with Gasteiger partial charge in [0.15, 0.2) is 0 Å². The number of carbonyl (C=O) groups is 1. The van der Waals surface area contributed by atoms with E-state index in [9.17, 15) is 19.4 Å². The Morgan fingerprint density at radius 2 is 1.33 bits per heavy atom. The van der Waals surface area contributed by atoms with E-state index in [4.69, 9.17) is 9.05 Å². The molecule has 0 aromatic carbocycles. The average molecular weight is 658 g/mol. The van der Waals surface area contributed by atoms with E-state index in [1.54, 1.807) is 0 Å². The number of likely N-dealkylation sites (N-methyl/N-ethyl adjacent to an activating group) is 1. The number of quaternary nitrogens is 1. The number of phosphoric acid groups is 1. The minimum absolute atomic E-state index is 0.0675. The predicted molar refractivity (Wildman–Crippen MR) is 189 cm³/mol. The minimum Gasteiger partial charge on any atom is -0.391 e. The fraction of sp³-hybridized carbons (Fsp3) is 0.806. The molecule has 45 heavy (non-hydrogen) atoms. The number of phosphoric ester groups is 1. The highest BCUT2D eigenvalue weighted by Gasteiger charge is 2.28. The van der Waals surface area contributed by atoms with E-state index >= 15 is 0 Å². The molecule has 0 bridgehead atoms. The third-order valence-corrected chi connectivity index (χ3v) is 8.64. The number of hydrogen-bond acceptors (Lipinski definition) is 5. The van der Waals surface area contributed by atoms with E-state index in [2.05, 4.69) is 55.6 Å². The molecular formula is C36H70N2O6P+. The van der Waals surface area contributed by atoms with Gasteiger partial charge in [-0.25, -0.2) is 4.57 Å². The van der Waals surface area contributed by atoms with E-state index < -0.39 is 20.0 Å². The number of hydrogen-bond donors (Lipinski definition) is 3. The lowest BCUT2D eigenvalue weighted by molar-refractivity contribution is -0.870. The first-order valence-corrected chi connectivity index (χ1v) is 19.3. The van der Waals surface area contributed by atoms with Crippen LogP contribution in [0.15, 0.2) is 36.5 Å². The largest absolute Gasteiger partial charge is 0.472 e. The van der Waals surface area contributed by atoms with Crippen molar-refractivity contribution in [3.8, 4) is 0 Å². The fourth-order valence-corrected chi connectivity index (χ4v) is 5.50. The SMILES string of the molecule is CC/C=C\C/C=C\C/C=C\CCCCCC(=O)NC(COP(=O)(O)OCC[N+](C)(C)C)C(O)CCCCCCCCCCCC. The average Bonchev–Trinajstić information content (AvgIpc) is 2.97. The van der Waals surface area contributed by atoms with Crippen LogP contribution in [0.3, 0.4) is 0 Å². The summed E-state index contributed by atoms with van der Waals surface area (Å²) in [6, 6.07) is -0.771. The lowest BCUT2D eigenvalue weighted by Crippen LogP contribution is -2.46. The Hall–Kier alpha value is -1.28. The molecule has 0 saturated heterocycles. The van der Waals surface area contributed by atoms with Crippen molar-refractivity contribution < 1.29 is 32.9 Å². The van der Waals surface area contributed by atoms with Crippen LogP contribution in [0.5, 0.6) is 0 Å². The molecule has 0 spiro atoms. The third-order valence-electron chi connectivity index (χ3n) is 7.65. The number of aliphatic hydroxyl groups is 1. The third kappa shape index (κ3) is 31.1. The number of nitrogens with one attached hydrogen (secondary N) is 1. The monoisotopic (exact) mass is 657 g/mol. The molecule has 0 aliphatic carbocycles. The van der Waals surface area contributed by atoms with Crippen molar-refractivity contribution in [3.63, 3.8) is 0 Å². The number of unbranched alkanes of at least 4 members (excludes halogenated alkanes) is 12. The predicted octanol–water partition coefficient (Wildman–Crippen LogP) is 8.79. The second-order valence-electron chi connectivity index (χ2n) is 13.2. The summed E-state index contributed by atoms with van der Waals surface area (Å²) >= 11 is 0. The molecule has 0 aromatic rings. The van der Waals surface area contributed by atoms with E-state index in [-0.39, 0.29) is 19.1 Å². The molecule has 0 saturated carbocycles. The van der Waals surface area contributed by atoms with Crippen LogP contribution in [0.4, 0.5) is 0 Å². The molecule has 0 fully saturated rings. The molecule has 3 atom stereocenters. The summed E-state index contributed by atoms with van der Waals surface area (Å²) in [5.41, 5.74) is 0. The van der Waals surface area contributed by atoms with Crippen LogP contribution >= 0.6 is 7.82 Å². The van der Waals surface area contributed by atoms with Gasteiger partial charge in [0.25, 0.3) is 0 Å². The van der Waals surface area contributed by atoms with Crippen molar-refractivity contribution in [2.24, 2.45) is 0 Å². The highest BCUT2D eigenvalue weighted by Crippen LogP contribution is 2.43. The zero-order chi connectivity index (χ0) is 33.7. The topological polar surface area (TPSA) is 105 Å². The highest BCUT2D eigenvalue weighted by atomic mass is 31.2. The Kier molecular flexibility index (Phi) is 28.1. The summed E-state index contributed by atoms with van der Waals surface area (Å²) in [4.78, 5) is 22.9. The van der Waals surface area contributed by atoms with Crippen LogP contribution in [0.25, 0.3) is 0 Å². The summed E-state index contributed by atoms with van der Waals surface area (Å²) in [5.74, 6) is -0.178. The molecule has 0 aliphatic rings. The van der Waals surface area contributed by atoms with Crippen molar-refractivity contribution in [1.82, 2.24) is 5.32 Å². The van der Waals surface area contributed by atoms with Gasteiger partial charge in [-0.05, 0) is 44.9 Å². The molecule has 0 radical (unpaired) electrons. The van der Waals surface area contributed by atoms with Gasteiger partial charge in [-0.1, -0.05) is 121 Å². The molecule has 1 amide bonds. The zero-order valence-corrected chi connectivity index (χ0v) is 30.5. The molecule has 0 aliphatic heterocycles.